The summed E-state index contributed by atoms with van der Waals surface area (Å²) in [6, 6.07) is -0.848. The van der Waals surface area contributed by atoms with E-state index in [0.29, 0.717) is 6.54 Å². The minimum Gasteiger partial charge on any atom is -0.480 e. The molecule has 0 saturated heterocycles. The highest BCUT2D eigenvalue weighted by Gasteiger charge is 2.21. The highest BCUT2D eigenvalue weighted by molar-refractivity contribution is 5.72. The summed E-state index contributed by atoms with van der Waals surface area (Å²) in [7, 11) is 0. The second kappa shape index (κ2) is 4.25. The third-order valence-corrected chi connectivity index (χ3v) is 3.12. The molecule has 1 aromatic rings. The SMILES string of the molecule is Cc1nc2c(n1CC(N)C(=O)O)CCCC2. The van der Waals surface area contributed by atoms with Crippen LogP contribution in [-0.2, 0) is 24.2 Å². The molecule has 3 N–H and O–H groups in total. The Balaban J connectivity index is 2.26. The molecule has 0 saturated carbocycles. The van der Waals surface area contributed by atoms with Crippen molar-refractivity contribution in [1.82, 2.24) is 9.55 Å². The number of carboxylic acid groups (broad SMARTS) is 1. The Morgan fingerprint density at radius 2 is 2.25 bits per heavy atom. The second-order valence-electron chi connectivity index (χ2n) is 4.31. The monoisotopic (exact) mass is 223 g/mol. The molecule has 0 radical (unpaired) electrons. The van der Waals surface area contributed by atoms with Gasteiger partial charge in [-0.25, -0.2) is 4.98 Å². The van der Waals surface area contributed by atoms with E-state index < -0.39 is 12.0 Å². The standard InChI is InChI=1S/C11H17N3O2/c1-7-13-9-4-2-3-5-10(9)14(7)6-8(12)11(15)16/h8H,2-6,12H2,1H3,(H,15,16). The van der Waals surface area contributed by atoms with Crippen molar-refractivity contribution in [2.24, 2.45) is 5.73 Å². The molecule has 2 rings (SSSR count). The van der Waals surface area contributed by atoms with Crippen LogP contribution in [0.4, 0.5) is 0 Å². The third-order valence-electron chi connectivity index (χ3n) is 3.12. The molecule has 0 fully saturated rings. The van der Waals surface area contributed by atoms with E-state index in [4.69, 9.17) is 10.8 Å². The Bertz CT molecular complexity index is 412. The van der Waals surface area contributed by atoms with Crippen LogP contribution in [-0.4, -0.2) is 26.7 Å². The van der Waals surface area contributed by atoms with Crippen molar-refractivity contribution in [3.63, 3.8) is 0 Å². The molecule has 5 nitrogen and oxygen atoms in total. The summed E-state index contributed by atoms with van der Waals surface area (Å²) in [5.74, 6) is -0.0822. The van der Waals surface area contributed by atoms with E-state index in [1.165, 1.54) is 12.1 Å². The van der Waals surface area contributed by atoms with Gasteiger partial charge in [0.05, 0.1) is 5.69 Å². The zero-order chi connectivity index (χ0) is 11.7. The lowest BCUT2D eigenvalue weighted by Crippen LogP contribution is -2.35. The molecule has 1 aliphatic carbocycles. The lowest BCUT2D eigenvalue weighted by Gasteiger charge is -2.16. The molecule has 0 amide bonds. The summed E-state index contributed by atoms with van der Waals surface area (Å²) in [5.41, 5.74) is 7.87. The van der Waals surface area contributed by atoms with Gasteiger partial charge in [-0.05, 0) is 32.6 Å². The largest absolute Gasteiger partial charge is 0.480 e. The molecule has 5 heteroatoms. The van der Waals surface area contributed by atoms with E-state index in [0.717, 1.165) is 30.8 Å². The topological polar surface area (TPSA) is 81.1 Å². The smallest absolute Gasteiger partial charge is 0.322 e. The van der Waals surface area contributed by atoms with Gasteiger partial charge in [-0.3, -0.25) is 4.79 Å². The lowest BCUT2D eigenvalue weighted by molar-refractivity contribution is -0.138. The molecule has 1 unspecified atom stereocenters. The molecule has 1 aliphatic rings. The number of carboxylic acids is 1. The summed E-state index contributed by atoms with van der Waals surface area (Å²) in [4.78, 5) is 15.2. The maximum Gasteiger partial charge on any atom is 0.322 e. The second-order valence-corrected chi connectivity index (χ2v) is 4.31. The first-order chi connectivity index (χ1) is 7.59. The van der Waals surface area contributed by atoms with Crippen molar-refractivity contribution in [2.75, 3.05) is 0 Å². The number of rotatable bonds is 3. The molecule has 1 heterocycles. The predicted molar refractivity (Wildman–Crippen MR) is 59.2 cm³/mol. The number of fused-ring (bicyclic) bond motifs is 1. The Morgan fingerprint density at radius 3 is 2.94 bits per heavy atom. The quantitative estimate of drug-likeness (QED) is 0.781. The van der Waals surface area contributed by atoms with Crippen LogP contribution in [0.1, 0.15) is 30.1 Å². The van der Waals surface area contributed by atoms with Crippen molar-refractivity contribution < 1.29 is 9.90 Å². The van der Waals surface area contributed by atoms with Gasteiger partial charge in [0.25, 0.3) is 0 Å². The maximum atomic E-state index is 10.7. The van der Waals surface area contributed by atoms with Gasteiger partial charge in [-0.15, -0.1) is 0 Å². The van der Waals surface area contributed by atoms with Gasteiger partial charge in [0.2, 0.25) is 0 Å². The zero-order valence-electron chi connectivity index (χ0n) is 9.44. The van der Waals surface area contributed by atoms with Gasteiger partial charge in [-0.1, -0.05) is 0 Å². The summed E-state index contributed by atoms with van der Waals surface area (Å²) in [6.07, 6.45) is 4.32. The molecule has 16 heavy (non-hydrogen) atoms. The summed E-state index contributed by atoms with van der Waals surface area (Å²) in [6.45, 7) is 2.23. The van der Waals surface area contributed by atoms with Crippen molar-refractivity contribution in [1.29, 1.82) is 0 Å². The maximum absolute atomic E-state index is 10.7. The van der Waals surface area contributed by atoms with Gasteiger partial charge in [0.15, 0.2) is 0 Å². The van der Waals surface area contributed by atoms with Crippen LogP contribution in [0.25, 0.3) is 0 Å². The molecular weight excluding hydrogens is 206 g/mol. The minimum absolute atomic E-state index is 0.323. The molecule has 88 valence electrons. The summed E-state index contributed by atoms with van der Waals surface area (Å²) >= 11 is 0. The fraction of sp³-hybridized carbons (Fsp3) is 0.636. The highest BCUT2D eigenvalue weighted by atomic mass is 16.4. The van der Waals surface area contributed by atoms with Gasteiger partial charge in [0, 0.05) is 12.2 Å². The van der Waals surface area contributed by atoms with E-state index >= 15 is 0 Å². The van der Waals surface area contributed by atoms with Crippen molar-refractivity contribution >= 4 is 5.97 Å². The Morgan fingerprint density at radius 1 is 1.56 bits per heavy atom. The van der Waals surface area contributed by atoms with Crippen molar-refractivity contribution in [3.05, 3.63) is 17.2 Å². The predicted octanol–water partition coefficient (Wildman–Crippen LogP) is 0.482. The van der Waals surface area contributed by atoms with Crippen LogP contribution < -0.4 is 5.73 Å². The van der Waals surface area contributed by atoms with E-state index in [-0.39, 0.29) is 0 Å². The van der Waals surface area contributed by atoms with Crippen molar-refractivity contribution in [2.45, 2.75) is 45.2 Å². The Hall–Kier alpha value is -1.36. The number of aryl methyl sites for hydroxylation is 2. The number of hydrogen-bond acceptors (Lipinski definition) is 3. The molecule has 0 aromatic carbocycles. The summed E-state index contributed by atoms with van der Waals surface area (Å²) < 4.78 is 1.97. The van der Waals surface area contributed by atoms with E-state index in [1.54, 1.807) is 0 Å². The average molecular weight is 223 g/mol. The molecule has 1 aromatic heterocycles. The molecule has 0 aliphatic heterocycles. The number of aromatic nitrogens is 2. The van der Waals surface area contributed by atoms with Gasteiger partial charge in [0.1, 0.15) is 11.9 Å². The van der Waals surface area contributed by atoms with Crippen molar-refractivity contribution in [3.8, 4) is 0 Å². The highest BCUT2D eigenvalue weighted by Crippen LogP contribution is 2.22. The molecule has 0 spiro atoms. The fourth-order valence-corrected chi connectivity index (χ4v) is 2.25. The van der Waals surface area contributed by atoms with E-state index in [1.807, 2.05) is 11.5 Å². The van der Waals surface area contributed by atoms with Crippen LogP contribution in [0.5, 0.6) is 0 Å². The Labute approximate surface area is 94.3 Å². The minimum atomic E-state index is -0.961. The first kappa shape index (κ1) is 11.1. The first-order valence-electron chi connectivity index (χ1n) is 5.63. The number of nitrogens with two attached hydrogens (primary N) is 1. The average Bonchev–Trinajstić information content (AvgIpc) is 2.55. The van der Waals surface area contributed by atoms with Crippen LogP contribution in [0.2, 0.25) is 0 Å². The lowest BCUT2D eigenvalue weighted by atomic mass is 10.0. The van der Waals surface area contributed by atoms with Crippen LogP contribution >= 0.6 is 0 Å². The van der Waals surface area contributed by atoms with Crippen LogP contribution in [0.3, 0.4) is 0 Å². The molecular formula is C11H17N3O2. The number of nitrogens with zero attached hydrogens (tertiary/aromatic N) is 2. The first-order valence-corrected chi connectivity index (χ1v) is 5.63. The van der Waals surface area contributed by atoms with Gasteiger partial charge < -0.3 is 15.4 Å². The Kier molecular flexibility index (Phi) is 2.96. The van der Waals surface area contributed by atoms with E-state index in [2.05, 4.69) is 4.98 Å². The number of imidazole rings is 1. The molecule has 0 bridgehead atoms. The zero-order valence-corrected chi connectivity index (χ0v) is 9.44. The number of hydrogen-bond donors (Lipinski definition) is 2. The van der Waals surface area contributed by atoms with Crippen LogP contribution in [0.15, 0.2) is 0 Å². The number of aliphatic carboxylic acids is 1. The summed E-state index contributed by atoms with van der Waals surface area (Å²) in [5, 5.41) is 8.82. The van der Waals surface area contributed by atoms with Gasteiger partial charge >= 0.3 is 5.97 Å². The van der Waals surface area contributed by atoms with E-state index in [9.17, 15) is 4.79 Å². The molecule has 1 atom stereocenters. The fourth-order valence-electron chi connectivity index (χ4n) is 2.25. The van der Waals surface area contributed by atoms with Gasteiger partial charge in [-0.2, -0.15) is 0 Å². The van der Waals surface area contributed by atoms with Crippen LogP contribution in [0, 0.1) is 6.92 Å². The third kappa shape index (κ3) is 1.95. The number of carbonyl (C=O) groups is 1. The normalized spacial score (nSPS) is 16.9.